The lowest BCUT2D eigenvalue weighted by Gasteiger charge is -2.27. The Balaban J connectivity index is 2.25. The molecule has 1 aromatic heterocycles. The van der Waals surface area contributed by atoms with E-state index in [1.165, 1.54) is 11.3 Å². The minimum atomic E-state index is 0.425. The van der Waals surface area contributed by atoms with Gasteiger partial charge in [0.2, 0.25) is 0 Å². The number of aromatic nitrogens is 1. The van der Waals surface area contributed by atoms with Crippen LogP contribution in [0.15, 0.2) is 0 Å². The highest BCUT2D eigenvalue weighted by Gasteiger charge is 2.18. The zero-order valence-electron chi connectivity index (χ0n) is 7.56. The summed E-state index contributed by atoms with van der Waals surface area (Å²) in [7, 11) is 0. The Morgan fingerprint density at radius 3 is 2.86 bits per heavy atom. The first kappa shape index (κ1) is 9.24. The third-order valence-electron chi connectivity index (χ3n) is 2.03. The number of nitrogens with zero attached hydrogens (tertiary/aromatic N) is 3. The van der Waals surface area contributed by atoms with E-state index in [0.717, 1.165) is 18.1 Å². The van der Waals surface area contributed by atoms with Crippen LogP contribution in [0.3, 0.4) is 0 Å². The van der Waals surface area contributed by atoms with Crippen LogP contribution in [0.4, 0.5) is 10.1 Å². The second-order valence-corrected chi connectivity index (χ2v) is 3.93. The normalized spacial score (nSPS) is 16.6. The van der Waals surface area contributed by atoms with Gasteiger partial charge in [-0.3, -0.25) is 0 Å². The van der Waals surface area contributed by atoms with Gasteiger partial charge < -0.3 is 15.4 Å². The van der Waals surface area contributed by atoms with Crippen molar-refractivity contribution in [3.05, 3.63) is 5.69 Å². The molecule has 0 atom stereocenters. The summed E-state index contributed by atoms with van der Waals surface area (Å²) in [5.74, 6) is 0. The van der Waals surface area contributed by atoms with Gasteiger partial charge in [0.25, 0.3) is 0 Å². The maximum absolute atomic E-state index is 8.84. The summed E-state index contributed by atoms with van der Waals surface area (Å²) in [6, 6.07) is 2.05. The van der Waals surface area contributed by atoms with E-state index >= 15 is 0 Å². The number of ether oxygens (including phenoxy) is 1. The Morgan fingerprint density at radius 2 is 2.21 bits per heavy atom. The Kier molecular flexibility index (Phi) is 2.52. The van der Waals surface area contributed by atoms with Gasteiger partial charge >= 0.3 is 0 Å². The summed E-state index contributed by atoms with van der Waals surface area (Å²) in [4.78, 5) is 6.05. The fourth-order valence-electron chi connectivity index (χ4n) is 1.38. The fourth-order valence-corrected chi connectivity index (χ4v) is 2.22. The van der Waals surface area contributed by atoms with Crippen LogP contribution in [0, 0.1) is 11.3 Å². The zero-order chi connectivity index (χ0) is 9.97. The van der Waals surface area contributed by atoms with Crippen LogP contribution in [0.5, 0.6) is 0 Å². The van der Waals surface area contributed by atoms with Gasteiger partial charge in [-0.05, 0) is 0 Å². The number of anilines is 2. The first-order valence-corrected chi connectivity index (χ1v) is 5.12. The lowest BCUT2D eigenvalue weighted by molar-refractivity contribution is 0.123. The maximum atomic E-state index is 8.84. The van der Waals surface area contributed by atoms with Crippen molar-refractivity contribution < 1.29 is 4.74 Å². The molecule has 74 valence electrons. The lowest BCUT2D eigenvalue weighted by Crippen LogP contribution is -2.36. The van der Waals surface area contributed by atoms with Gasteiger partial charge in [-0.1, -0.05) is 11.3 Å². The minimum absolute atomic E-state index is 0.425. The molecule has 2 N–H and O–H groups in total. The zero-order valence-corrected chi connectivity index (χ0v) is 8.38. The highest BCUT2D eigenvalue weighted by Crippen LogP contribution is 2.30. The van der Waals surface area contributed by atoms with Gasteiger partial charge in [0.15, 0.2) is 10.8 Å². The summed E-state index contributed by atoms with van der Waals surface area (Å²) < 4.78 is 5.23. The van der Waals surface area contributed by atoms with E-state index in [4.69, 9.17) is 15.7 Å². The van der Waals surface area contributed by atoms with Crippen molar-refractivity contribution in [1.82, 2.24) is 4.98 Å². The number of hydrogen-bond acceptors (Lipinski definition) is 6. The Hall–Kier alpha value is -1.32. The molecule has 0 saturated carbocycles. The third kappa shape index (κ3) is 1.64. The van der Waals surface area contributed by atoms with Crippen molar-refractivity contribution in [3.8, 4) is 6.07 Å². The molecular weight excluding hydrogens is 200 g/mol. The van der Waals surface area contributed by atoms with E-state index in [0.29, 0.717) is 24.0 Å². The SMILES string of the molecule is N#Cc1nc(N)sc1N1CCOCC1. The molecule has 1 aliphatic rings. The molecule has 6 heteroatoms. The lowest BCUT2D eigenvalue weighted by atomic mass is 10.4. The molecule has 0 unspecified atom stereocenters. The number of rotatable bonds is 1. The number of morpholine rings is 1. The van der Waals surface area contributed by atoms with Crippen molar-refractivity contribution in [2.24, 2.45) is 0 Å². The van der Waals surface area contributed by atoms with Gasteiger partial charge in [0.1, 0.15) is 11.1 Å². The highest BCUT2D eigenvalue weighted by atomic mass is 32.1. The predicted octanol–water partition coefficient (Wildman–Crippen LogP) is 0.434. The van der Waals surface area contributed by atoms with Crippen molar-refractivity contribution in [2.75, 3.05) is 36.9 Å². The predicted molar refractivity (Wildman–Crippen MR) is 54.3 cm³/mol. The monoisotopic (exact) mass is 210 g/mol. The number of nitrogen functional groups attached to an aromatic ring is 1. The van der Waals surface area contributed by atoms with Crippen LogP contribution in [0.1, 0.15) is 5.69 Å². The topological polar surface area (TPSA) is 75.2 Å². The van der Waals surface area contributed by atoms with Crippen molar-refractivity contribution in [1.29, 1.82) is 5.26 Å². The molecule has 1 aromatic rings. The molecule has 5 nitrogen and oxygen atoms in total. The number of hydrogen-bond donors (Lipinski definition) is 1. The number of nitriles is 1. The van der Waals surface area contributed by atoms with E-state index in [1.807, 2.05) is 0 Å². The van der Waals surface area contributed by atoms with Crippen molar-refractivity contribution >= 4 is 21.5 Å². The van der Waals surface area contributed by atoms with E-state index in [2.05, 4.69) is 16.0 Å². The van der Waals surface area contributed by atoms with E-state index < -0.39 is 0 Å². The molecule has 1 aliphatic heterocycles. The molecular formula is C8H10N4OS. The summed E-state index contributed by atoms with van der Waals surface area (Å²) >= 11 is 1.36. The van der Waals surface area contributed by atoms with E-state index in [1.54, 1.807) is 0 Å². The molecule has 2 heterocycles. The van der Waals surface area contributed by atoms with Gasteiger partial charge in [0.05, 0.1) is 13.2 Å². The molecule has 1 saturated heterocycles. The van der Waals surface area contributed by atoms with Crippen LogP contribution < -0.4 is 10.6 Å². The molecule has 0 radical (unpaired) electrons. The Morgan fingerprint density at radius 1 is 1.50 bits per heavy atom. The largest absolute Gasteiger partial charge is 0.378 e. The summed E-state index contributed by atoms with van der Waals surface area (Å²) in [5, 5.41) is 10.2. The summed E-state index contributed by atoms with van der Waals surface area (Å²) in [6.45, 7) is 3.00. The summed E-state index contributed by atoms with van der Waals surface area (Å²) in [5.41, 5.74) is 5.99. The Bertz CT molecular complexity index is 364. The molecule has 0 amide bonds. The molecule has 0 spiro atoms. The molecule has 0 aliphatic carbocycles. The average Bonchev–Trinajstić information content (AvgIpc) is 2.61. The maximum Gasteiger partial charge on any atom is 0.183 e. The average molecular weight is 210 g/mol. The molecule has 14 heavy (non-hydrogen) atoms. The fraction of sp³-hybridized carbons (Fsp3) is 0.500. The van der Waals surface area contributed by atoms with E-state index in [9.17, 15) is 0 Å². The molecule has 0 aromatic carbocycles. The van der Waals surface area contributed by atoms with Crippen LogP contribution >= 0.6 is 11.3 Å². The van der Waals surface area contributed by atoms with Gasteiger partial charge in [-0.2, -0.15) is 5.26 Å². The number of nitrogens with two attached hydrogens (primary N) is 1. The van der Waals surface area contributed by atoms with Crippen LogP contribution in [0.2, 0.25) is 0 Å². The van der Waals surface area contributed by atoms with Crippen LogP contribution in [-0.4, -0.2) is 31.3 Å². The minimum Gasteiger partial charge on any atom is -0.378 e. The quantitative estimate of drug-likeness (QED) is 0.727. The van der Waals surface area contributed by atoms with Crippen molar-refractivity contribution in [2.45, 2.75) is 0 Å². The Labute approximate surface area is 85.7 Å². The van der Waals surface area contributed by atoms with E-state index in [-0.39, 0.29) is 0 Å². The second-order valence-electron chi connectivity index (χ2n) is 2.92. The van der Waals surface area contributed by atoms with Crippen LogP contribution in [-0.2, 0) is 4.74 Å². The van der Waals surface area contributed by atoms with Gasteiger partial charge in [0, 0.05) is 13.1 Å². The van der Waals surface area contributed by atoms with Gasteiger partial charge in [-0.25, -0.2) is 4.98 Å². The second kappa shape index (κ2) is 3.82. The third-order valence-corrected chi connectivity index (χ3v) is 2.98. The number of thiazole rings is 1. The molecule has 2 rings (SSSR count). The first-order chi connectivity index (χ1) is 6.81. The summed E-state index contributed by atoms with van der Waals surface area (Å²) in [6.07, 6.45) is 0. The highest BCUT2D eigenvalue weighted by molar-refractivity contribution is 7.19. The molecule has 0 bridgehead atoms. The van der Waals surface area contributed by atoms with Gasteiger partial charge in [-0.15, -0.1) is 0 Å². The van der Waals surface area contributed by atoms with Crippen molar-refractivity contribution in [3.63, 3.8) is 0 Å². The first-order valence-electron chi connectivity index (χ1n) is 4.30. The smallest absolute Gasteiger partial charge is 0.183 e. The standard InChI is InChI=1S/C8H10N4OS/c9-5-6-7(14-8(10)11-6)12-1-3-13-4-2-12/h1-4H2,(H2,10,11). The van der Waals surface area contributed by atoms with Crippen LogP contribution in [0.25, 0.3) is 0 Å². The molecule has 1 fully saturated rings.